The van der Waals surface area contributed by atoms with E-state index in [-0.39, 0.29) is 5.91 Å². The molecule has 2 saturated carbocycles. The quantitative estimate of drug-likeness (QED) is 0.713. The van der Waals surface area contributed by atoms with Gasteiger partial charge in [0.15, 0.2) is 0 Å². The average molecular weight is 252 g/mol. The summed E-state index contributed by atoms with van der Waals surface area (Å²) in [6, 6.07) is 1.05. The van der Waals surface area contributed by atoms with Gasteiger partial charge in [0.25, 0.3) is 0 Å². The van der Waals surface area contributed by atoms with Crippen molar-refractivity contribution in [2.75, 3.05) is 6.54 Å². The minimum atomic E-state index is 0.187. The van der Waals surface area contributed by atoms with E-state index in [1.807, 2.05) is 0 Å². The van der Waals surface area contributed by atoms with E-state index < -0.39 is 0 Å². The van der Waals surface area contributed by atoms with Crippen LogP contribution in [-0.4, -0.2) is 24.5 Å². The monoisotopic (exact) mass is 252 g/mol. The minimum absolute atomic E-state index is 0.187. The second-order valence-corrected chi connectivity index (χ2v) is 6.08. The molecule has 0 bridgehead atoms. The first-order chi connectivity index (χ1) is 8.78. The first-order valence-corrected chi connectivity index (χ1v) is 7.80. The summed E-state index contributed by atoms with van der Waals surface area (Å²) in [6.45, 7) is 2.79. The maximum Gasteiger partial charge on any atom is 0.234 e. The minimum Gasteiger partial charge on any atom is -0.352 e. The maximum absolute atomic E-state index is 11.6. The van der Waals surface area contributed by atoms with E-state index in [1.54, 1.807) is 0 Å². The Morgan fingerprint density at radius 1 is 1.06 bits per heavy atom. The summed E-state index contributed by atoms with van der Waals surface area (Å²) in [5, 5.41) is 6.48. The van der Waals surface area contributed by atoms with E-state index in [1.165, 1.54) is 57.8 Å². The largest absolute Gasteiger partial charge is 0.352 e. The van der Waals surface area contributed by atoms with Gasteiger partial charge in [0.1, 0.15) is 0 Å². The number of carbonyl (C=O) groups is 1. The third-order valence-corrected chi connectivity index (χ3v) is 4.28. The Bertz CT molecular complexity index is 263. The lowest BCUT2D eigenvalue weighted by molar-refractivity contribution is -0.120. The number of hydrogen-bond donors (Lipinski definition) is 2. The molecule has 18 heavy (non-hydrogen) atoms. The third kappa shape index (κ3) is 4.97. The van der Waals surface area contributed by atoms with Crippen molar-refractivity contribution in [2.45, 2.75) is 76.8 Å². The lowest BCUT2D eigenvalue weighted by atomic mass is 9.95. The molecule has 0 saturated heterocycles. The standard InChI is InChI=1S/C15H28N2O/c1-2-4-12-5-3-6-13(8-7-12)16-11-15(18)17-14-9-10-14/h12-14,16H,2-11H2,1H3,(H,17,18). The highest BCUT2D eigenvalue weighted by atomic mass is 16.2. The Balaban J connectivity index is 1.61. The van der Waals surface area contributed by atoms with Crippen molar-refractivity contribution in [1.29, 1.82) is 0 Å². The smallest absolute Gasteiger partial charge is 0.234 e. The molecule has 2 unspecified atom stereocenters. The normalized spacial score (nSPS) is 28.7. The molecule has 2 atom stereocenters. The average Bonchev–Trinajstić information content (AvgIpc) is 3.15. The number of carbonyl (C=O) groups excluding carboxylic acids is 1. The summed E-state index contributed by atoms with van der Waals surface area (Å²) in [5.74, 6) is 1.12. The van der Waals surface area contributed by atoms with Crippen LogP contribution in [0.15, 0.2) is 0 Å². The molecule has 0 radical (unpaired) electrons. The van der Waals surface area contributed by atoms with Crippen LogP contribution in [0, 0.1) is 5.92 Å². The van der Waals surface area contributed by atoms with Crippen LogP contribution in [-0.2, 0) is 4.79 Å². The Labute approximate surface area is 111 Å². The molecule has 2 fully saturated rings. The summed E-state index contributed by atoms with van der Waals surface area (Å²) in [7, 11) is 0. The lowest BCUT2D eigenvalue weighted by Gasteiger charge is -2.16. The number of nitrogens with one attached hydrogen (secondary N) is 2. The van der Waals surface area contributed by atoms with Crippen LogP contribution in [0.4, 0.5) is 0 Å². The zero-order valence-electron chi connectivity index (χ0n) is 11.7. The highest BCUT2D eigenvalue weighted by molar-refractivity contribution is 5.78. The van der Waals surface area contributed by atoms with Crippen molar-refractivity contribution in [3.05, 3.63) is 0 Å². The van der Waals surface area contributed by atoms with Crippen molar-refractivity contribution in [2.24, 2.45) is 5.92 Å². The number of hydrogen-bond acceptors (Lipinski definition) is 2. The fraction of sp³-hybridized carbons (Fsp3) is 0.933. The Morgan fingerprint density at radius 2 is 1.83 bits per heavy atom. The van der Waals surface area contributed by atoms with Crippen LogP contribution in [0.5, 0.6) is 0 Å². The van der Waals surface area contributed by atoms with Crippen LogP contribution in [0.2, 0.25) is 0 Å². The molecular formula is C15H28N2O. The van der Waals surface area contributed by atoms with Gasteiger partial charge in [-0.05, 0) is 38.0 Å². The fourth-order valence-corrected chi connectivity index (χ4v) is 3.02. The Morgan fingerprint density at radius 3 is 2.56 bits per heavy atom. The van der Waals surface area contributed by atoms with Gasteiger partial charge in [0.05, 0.1) is 6.54 Å². The molecule has 2 rings (SSSR count). The molecular weight excluding hydrogens is 224 g/mol. The second-order valence-electron chi connectivity index (χ2n) is 6.08. The zero-order chi connectivity index (χ0) is 12.8. The molecule has 0 aromatic heterocycles. The molecule has 2 aliphatic carbocycles. The topological polar surface area (TPSA) is 41.1 Å². The summed E-state index contributed by atoms with van der Waals surface area (Å²) in [4.78, 5) is 11.6. The van der Waals surface area contributed by atoms with Crippen LogP contribution >= 0.6 is 0 Å². The van der Waals surface area contributed by atoms with E-state index in [2.05, 4.69) is 17.6 Å². The van der Waals surface area contributed by atoms with E-state index in [0.29, 0.717) is 18.6 Å². The van der Waals surface area contributed by atoms with Gasteiger partial charge in [-0.1, -0.05) is 32.6 Å². The van der Waals surface area contributed by atoms with Crippen molar-refractivity contribution in [1.82, 2.24) is 10.6 Å². The SMILES string of the molecule is CCCC1CCCC(NCC(=O)NC2CC2)CC1. The van der Waals surface area contributed by atoms with Crippen LogP contribution in [0.1, 0.15) is 64.7 Å². The van der Waals surface area contributed by atoms with Gasteiger partial charge >= 0.3 is 0 Å². The van der Waals surface area contributed by atoms with E-state index >= 15 is 0 Å². The molecule has 3 heteroatoms. The molecule has 0 aromatic carbocycles. The lowest BCUT2D eigenvalue weighted by Crippen LogP contribution is -2.39. The molecule has 2 N–H and O–H groups in total. The Kier molecular flexibility index (Phi) is 5.48. The summed E-state index contributed by atoms with van der Waals surface area (Å²) >= 11 is 0. The van der Waals surface area contributed by atoms with E-state index in [0.717, 1.165) is 5.92 Å². The van der Waals surface area contributed by atoms with Crippen molar-refractivity contribution in [3.8, 4) is 0 Å². The third-order valence-electron chi connectivity index (χ3n) is 4.28. The van der Waals surface area contributed by atoms with Gasteiger partial charge in [0.2, 0.25) is 5.91 Å². The van der Waals surface area contributed by atoms with Gasteiger partial charge in [-0.3, -0.25) is 4.79 Å². The summed E-state index contributed by atoms with van der Waals surface area (Å²) in [6.07, 6.45) is 11.6. The van der Waals surface area contributed by atoms with Crippen molar-refractivity contribution < 1.29 is 4.79 Å². The molecule has 0 heterocycles. The first-order valence-electron chi connectivity index (χ1n) is 7.80. The fourth-order valence-electron chi connectivity index (χ4n) is 3.02. The highest BCUT2D eigenvalue weighted by Gasteiger charge is 2.24. The van der Waals surface area contributed by atoms with Crippen LogP contribution < -0.4 is 10.6 Å². The van der Waals surface area contributed by atoms with Gasteiger partial charge in [-0.25, -0.2) is 0 Å². The molecule has 2 aliphatic rings. The first kappa shape index (κ1) is 13.9. The van der Waals surface area contributed by atoms with Crippen molar-refractivity contribution in [3.63, 3.8) is 0 Å². The van der Waals surface area contributed by atoms with Crippen LogP contribution in [0.25, 0.3) is 0 Å². The van der Waals surface area contributed by atoms with E-state index in [4.69, 9.17) is 0 Å². The molecule has 0 spiro atoms. The van der Waals surface area contributed by atoms with Gasteiger partial charge in [0, 0.05) is 12.1 Å². The summed E-state index contributed by atoms with van der Waals surface area (Å²) in [5.41, 5.74) is 0. The number of rotatable bonds is 6. The molecule has 0 aromatic rings. The maximum atomic E-state index is 11.6. The number of amides is 1. The van der Waals surface area contributed by atoms with Gasteiger partial charge in [-0.15, -0.1) is 0 Å². The predicted octanol–water partition coefficient (Wildman–Crippen LogP) is 2.60. The molecule has 104 valence electrons. The summed E-state index contributed by atoms with van der Waals surface area (Å²) < 4.78 is 0. The molecule has 0 aliphatic heterocycles. The zero-order valence-corrected chi connectivity index (χ0v) is 11.7. The Hall–Kier alpha value is -0.570. The van der Waals surface area contributed by atoms with Crippen LogP contribution in [0.3, 0.4) is 0 Å². The highest BCUT2D eigenvalue weighted by Crippen LogP contribution is 2.26. The van der Waals surface area contributed by atoms with Crippen molar-refractivity contribution >= 4 is 5.91 Å². The predicted molar refractivity (Wildman–Crippen MR) is 74.4 cm³/mol. The van der Waals surface area contributed by atoms with Gasteiger partial charge < -0.3 is 10.6 Å². The molecule has 1 amide bonds. The van der Waals surface area contributed by atoms with E-state index in [9.17, 15) is 4.79 Å². The molecule has 3 nitrogen and oxygen atoms in total. The second kappa shape index (κ2) is 7.13. The van der Waals surface area contributed by atoms with Gasteiger partial charge in [-0.2, -0.15) is 0 Å².